The van der Waals surface area contributed by atoms with E-state index in [-0.39, 0.29) is 0 Å². The Labute approximate surface area is 184 Å². The van der Waals surface area contributed by atoms with Gasteiger partial charge in [0.15, 0.2) is 0 Å². The summed E-state index contributed by atoms with van der Waals surface area (Å²) in [6, 6.07) is 16.7. The first kappa shape index (κ1) is 22.1. The van der Waals surface area contributed by atoms with Crippen LogP contribution in [-0.2, 0) is 18.9 Å². The fourth-order valence-electron chi connectivity index (χ4n) is 3.45. The topological polar surface area (TPSA) is 62.0 Å². The average Bonchev–Trinajstić information content (AvgIpc) is 3.72. The third-order valence-electron chi connectivity index (χ3n) is 5.38. The van der Waals surface area contributed by atoms with Crippen molar-refractivity contribution in [2.75, 3.05) is 52.9 Å². The van der Waals surface area contributed by atoms with Crippen molar-refractivity contribution >= 4 is 0 Å². The molecule has 4 rings (SSSR count). The van der Waals surface area contributed by atoms with Crippen LogP contribution >= 0.6 is 0 Å². The third-order valence-corrected chi connectivity index (χ3v) is 5.38. The molecule has 2 atom stereocenters. The van der Waals surface area contributed by atoms with Gasteiger partial charge in [0.2, 0.25) is 0 Å². The average molecular weight is 429 g/mol. The number of hydrogen-bond donors (Lipinski definition) is 0. The summed E-state index contributed by atoms with van der Waals surface area (Å²) in [5.74, 6) is 2.07. The molecular formula is C25H32O6. The van der Waals surface area contributed by atoms with E-state index in [9.17, 15) is 0 Å². The predicted octanol–water partition coefficient (Wildman–Crippen LogP) is 3.82. The Kier molecular flexibility index (Phi) is 8.18. The normalized spacial score (nSPS) is 20.3. The molecule has 0 spiro atoms. The van der Waals surface area contributed by atoms with Gasteiger partial charge in [0, 0.05) is 5.92 Å². The maximum Gasteiger partial charge on any atom is 0.119 e. The second-order valence-corrected chi connectivity index (χ2v) is 7.86. The van der Waals surface area contributed by atoms with E-state index in [0.717, 1.165) is 31.1 Å². The molecule has 2 aliphatic rings. The van der Waals surface area contributed by atoms with Crippen LogP contribution in [0, 0.1) is 0 Å². The Bertz CT molecular complexity index is 702. The van der Waals surface area contributed by atoms with Crippen LogP contribution in [0.25, 0.3) is 0 Å². The van der Waals surface area contributed by atoms with Crippen LogP contribution in [0.2, 0.25) is 0 Å². The first-order valence-electron chi connectivity index (χ1n) is 11.2. The highest BCUT2D eigenvalue weighted by atomic mass is 16.6. The first-order chi connectivity index (χ1) is 15.3. The molecule has 168 valence electrons. The minimum Gasteiger partial charge on any atom is -0.491 e. The number of hydrogen-bond acceptors (Lipinski definition) is 6. The molecule has 6 nitrogen and oxygen atoms in total. The predicted molar refractivity (Wildman–Crippen MR) is 117 cm³/mol. The van der Waals surface area contributed by atoms with Crippen molar-refractivity contribution in [1.82, 2.24) is 0 Å². The SMILES string of the molecule is CCC(c1ccc(OCCOCC2CO2)cc1)c1ccc(OCCOCC2CO2)cc1. The van der Waals surface area contributed by atoms with E-state index >= 15 is 0 Å². The zero-order valence-electron chi connectivity index (χ0n) is 18.2. The zero-order chi connectivity index (χ0) is 21.3. The maximum atomic E-state index is 5.77. The minimum absolute atomic E-state index is 0.299. The van der Waals surface area contributed by atoms with Gasteiger partial charge >= 0.3 is 0 Å². The van der Waals surface area contributed by atoms with Crippen LogP contribution in [0.5, 0.6) is 11.5 Å². The fourth-order valence-corrected chi connectivity index (χ4v) is 3.45. The second-order valence-electron chi connectivity index (χ2n) is 7.86. The van der Waals surface area contributed by atoms with Gasteiger partial charge in [-0.05, 0) is 41.8 Å². The Morgan fingerprint density at radius 1 is 0.710 bits per heavy atom. The molecule has 2 aromatic rings. The molecule has 0 aromatic heterocycles. The van der Waals surface area contributed by atoms with E-state index in [1.165, 1.54) is 11.1 Å². The molecule has 0 aliphatic carbocycles. The lowest BCUT2D eigenvalue weighted by molar-refractivity contribution is 0.0878. The van der Waals surface area contributed by atoms with Crippen molar-refractivity contribution in [2.45, 2.75) is 31.5 Å². The molecule has 6 heteroatoms. The largest absolute Gasteiger partial charge is 0.491 e. The molecular weight excluding hydrogens is 396 g/mol. The molecule has 2 saturated heterocycles. The fraction of sp³-hybridized carbons (Fsp3) is 0.520. The summed E-state index contributed by atoms with van der Waals surface area (Å²) >= 11 is 0. The van der Waals surface area contributed by atoms with Crippen LogP contribution in [0.1, 0.15) is 30.4 Å². The molecule has 0 radical (unpaired) electrons. The van der Waals surface area contributed by atoms with Crippen LogP contribution in [0.15, 0.2) is 48.5 Å². The highest BCUT2D eigenvalue weighted by molar-refractivity contribution is 5.38. The Morgan fingerprint density at radius 2 is 1.13 bits per heavy atom. The van der Waals surface area contributed by atoms with Gasteiger partial charge in [0.25, 0.3) is 0 Å². The number of epoxide rings is 2. The molecule has 0 bridgehead atoms. The molecule has 2 unspecified atom stereocenters. The third kappa shape index (κ3) is 7.51. The van der Waals surface area contributed by atoms with Crippen LogP contribution in [0.4, 0.5) is 0 Å². The van der Waals surface area contributed by atoms with Crippen molar-refractivity contribution in [2.24, 2.45) is 0 Å². The standard InChI is InChI=1S/C25H32O6/c1-2-25(19-3-7-21(8-4-19)28-13-11-26-15-23-17-30-23)20-5-9-22(10-6-20)29-14-12-27-16-24-18-31-24/h3-10,23-25H,2,11-18H2,1H3. The zero-order valence-corrected chi connectivity index (χ0v) is 18.2. The lowest BCUT2D eigenvalue weighted by Crippen LogP contribution is -2.10. The Morgan fingerprint density at radius 3 is 1.48 bits per heavy atom. The van der Waals surface area contributed by atoms with Gasteiger partial charge < -0.3 is 28.4 Å². The highest BCUT2D eigenvalue weighted by Gasteiger charge is 2.22. The summed E-state index contributed by atoms with van der Waals surface area (Å²) in [5.41, 5.74) is 2.56. The molecule has 31 heavy (non-hydrogen) atoms. The Hall–Kier alpha value is -2.12. The van der Waals surface area contributed by atoms with Crippen LogP contribution < -0.4 is 9.47 Å². The van der Waals surface area contributed by atoms with Crippen molar-refractivity contribution in [3.63, 3.8) is 0 Å². The van der Waals surface area contributed by atoms with Crippen molar-refractivity contribution < 1.29 is 28.4 Å². The van der Waals surface area contributed by atoms with Gasteiger partial charge in [-0.15, -0.1) is 0 Å². The summed E-state index contributed by atoms with van der Waals surface area (Å²) in [7, 11) is 0. The second kappa shape index (κ2) is 11.5. The van der Waals surface area contributed by atoms with Gasteiger partial charge in [0.1, 0.15) is 36.9 Å². The molecule has 2 fully saturated rings. The first-order valence-corrected chi connectivity index (χ1v) is 11.2. The summed E-state index contributed by atoms with van der Waals surface area (Å²) in [4.78, 5) is 0. The monoisotopic (exact) mass is 428 g/mol. The number of ether oxygens (including phenoxy) is 6. The summed E-state index contributed by atoms with van der Waals surface area (Å²) in [5, 5.41) is 0. The summed E-state index contributed by atoms with van der Waals surface area (Å²) in [6.45, 7) is 7.42. The van der Waals surface area contributed by atoms with E-state index in [1.807, 2.05) is 24.3 Å². The lowest BCUT2D eigenvalue weighted by Gasteiger charge is -2.17. The summed E-state index contributed by atoms with van der Waals surface area (Å²) < 4.78 is 32.8. The van der Waals surface area contributed by atoms with E-state index < -0.39 is 0 Å². The lowest BCUT2D eigenvalue weighted by atomic mass is 9.89. The number of benzene rings is 2. The molecule has 0 saturated carbocycles. The van der Waals surface area contributed by atoms with Crippen molar-refractivity contribution in [3.8, 4) is 11.5 Å². The van der Waals surface area contributed by atoms with Gasteiger partial charge in [-0.3, -0.25) is 0 Å². The quantitative estimate of drug-likeness (QED) is 0.318. The van der Waals surface area contributed by atoms with Crippen molar-refractivity contribution in [1.29, 1.82) is 0 Å². The van der Waals surface area contributed by atoms with Gasteiger partial charge in [-0.1, -0.05) is 31.2 Å². The highest BCUT2D eigenvalue weighted by Crippen LogP contribution is 2.30. The smallest absolute Gasteiger partial charge is 0.119 e. The number of rotatable bonds is 15. The van der Waals surface area contributed by atoms with Crippen molar-refractivity contribution in [3.05, 3.63) is 59.7 Å². The summed E-state index contributed by atoms with van der Waals surface area (Å²) in [6.07, 6.45) is 1.62. The van der Waals surface area contributed by atoms with E-state index in [0.29, 0.717) is 57.8 Å². The van der Waals surface area contributed by atoms with E-state index in [1.54, 1.807) is 0 Å². The molecule has 2 aliphatic heterocycles. The van der Waals surface area contributed by atoms with Gasteiger partial charge in [-0.2, -0.15) is 0 Å². The van der Waals surface area contributed by atoms with E-state index in [4.69, 9.17) is 28.4 Å². The Balaban J connectivity index is 1.21. The molecule has 2 aromatic carbocycles. The van der Waals surface area contributed by atoms with Gasteiger partial charge in [-0.25, -0.2) is 0 Å². The molecule has 0 N–H and O–H groups in total. The van der Waals surface area contributed by atoms with Gasteiger partial charge in [0.05, 0.1) is 39.6 Å². The van der Waals surface area contributed by atoms with E-state index in [2.05, 4.69) is 31.2 Å². The van der Waals surface area contributed by atoms with Crippen LogP contribution in [0.3, 0.4) is 0 Å². The van der Waals surface area contributed by atoms with Crippen LogP contribution in [-0.4, -0.2) is 65.1 Å². The molecule has 0 amide bonds. The minimum atomic E-state index is 0.299. The maximum absolute atomic E-state index is 5.77. The molecule has 2 heterocycles.